The Bertz CT molecular complexity index is 838. The van der Waals surface area contributed by atoms with Crippen LogP contribution in [-0.2, 0) is 27.2 Å². The van der Waals surface area contributed by atoms with Gasteiger partial charge >= 0.3 is 11.9 Å². The lowest BCUT2D eigenvalue weighted by Gasteiger charge is -2.24. The third kappa shape index (κ3) is 4.67. The molecule has 2 aromatic rings. The Labute approximate surface area is 162 Å². The molecular formula is C20H23NO5S. The van der Waals surface area contributed by atoms with E-state index in [0.29, 0.717) is 29.2 Å². The number of benzene rings is 1. The summed E-state index contributed by atoms with van der Waals surface area (Å²) in [4.78, 5) is 25.6. The SMILES string of the molecule is CC(C)(C)OC(=O)c1c(N)sc2c1CC(COC(=O)c1ccccc1)OC2. The van der Waals surface area contributed by atoms with Crippen LogP contribution in [0, 0.1) is 0 Å². The molecule has 2 N–H and O–H groups in total. The maximum atomic E-state index is 12.6. The number of ether oxygens (including phenoxy) is 3. The minimum atomic E-state index is -0.603. The summed E-state index contributed by atoms with van der Waals surface area (Å²) in [7, 11) is 0. The quantitative estimate of drug-likeness (QED) is 0.804. The van der Waals surface area contributed by atoms with Crippen molar-refractivity contribution in [1.29, 1.82) is 0 Å². The largest absolute Gasteiger partial charge is 0.459 e. The zero-order chi connectivity index (χ0) is 19.6. The van der Waals surface area contributed by atoms with Gasteiger partial charge in [0, 0.05) is 11.3 Å². The summed E-state index contributed by atoms with van der Waals surface area (Å²) < 4.78 is 16.6. The molecule has 0 amide bonds. The molecular weight excluding hydrogens is 366 g/mol. The van der Waals surface area contributed by atoms with Crippen molar-refractivity contribution in [3.63, 3.8) is 0 Å². The van der Waals surface area contributed by atoms with Gasteiger partial charge in [0.05, 0.1) is 23.8 Å². The van der Waals surface area contributed by atoms with Gasteiger partial charge in [0.1, 0.15) is 17.2 Å². The fraction of sp³-hybridized carbons (Fsp3) is 0.400. The Kier molecular flexibility index (Phi) is 5.53. The molecule has 0 spiro atoms. The van der Waals surface area contributed by atoms with Crippen LogP contribution in [0.1, 0.15) is 51.9 Å². The fourth-order valence-electron chi connectivity index (χ4n) is 2.83. The van der Waals surface area contributed by atoms with Gasteiger partial charge in [-0.1, -0.05) is 18.2 Å². The van der Waals surface area contributed by atoms with Crippen molar-refractivity contribution < 1.29 is 23.8 Å². The molecule has 2 heterocycles. The molecule has 0 saturated heterocycles. The van der Waals surface area contributed by atoms with Crippen molar-refractivity contribution in [2.75, 3.05) is 12.3 Å². The first-order valence-electron chi connectivity index (χ1n) is 8.71. The summed E-state index contributed by atoms with van der Waals surface area (Å²) in [6.45, 7) is 5.88. The van der Waals surface area contributed by atoms with Gasteiger partial charge in [-0.2, -0.15) is 0 Å². The molecule has 3 rings (SSSR count). The van der Waals surface area contributed by atoms with Crippen molar-refractivity contribution in [3.8, 4) is 0 Å². The normalized spacial score (nSPS) is 16.5. The predicted octanol–water partition coefficient (Wildman–Crippen LogP) is 3.58. The van der Waals surface area contributed by atoms with Gasteiger partial charge in [-0.3, -0.25) is 0 Å². The first-order chi connectivity index (χ1) is 12.7. The van der Waals surface area contributed by atoms with Gasteiger partial charge in [-0.15, -0.1) is 11.3 Å². The van der Waals surface area contributed by atoms with Gasteiger partial charge in [0.15, 0.2) is 0 Å². The van der Waals surface area contributed by atoms with Gasteiger partial charge in [0.25, 0.3) is 0 Å². The Morgan fingerprint density at radius 1 is 1.22 bits per heavy atom. The van der Waals surface area contributed by atoms with E-state index in [4.69, 9.17) is 19.9 Å². The number of carbonyl (C=O) groups excluding carboxylic acids is 2. The number of rotatable bonds is 4. The van der Waals surface area contributed by atoms with Crippen LogP contribution < -0.4 is 5.73 Å². The summed E-state index contributed by atoms with van der Waals surface area (Å²) in [5.74, 6) is -0.832. The molecule has 1 atom stereocenters. The zero-order valence-electron chi connectivity index (χ0n) is 15.6. The van der Waals surface area contributed by atoms with Crippen LogP contribution >= 0.6 is 11.3 Å². The average Bonchev–Trinajstić information content (AvgIpc) is 2.94. The number of carbonyl (C=O) groups is 2. The first-order valence-corrected chi connectivity index (χ1v) is 9.53. The van der Waals surface area contributed by atoms with E-state index >= 15 is 0 Å². The molecule has 1 aliphatic heterocycles. The van der Waals surface area contributed by atoms with Crippen LogP contribution in [0.5, 0.6) is 0 Å². The summed E-state index contributed by atoms with van der Waals surface area (Å²) in [5, 5.41) is 0.430. The third-order valence-electron chi connectivity index (χ3n) is 4.01. The summed E-state index contributed by atoms with van der Waals surface area (Å²) in [6, 6.07) is 8.79. The third-order valence-corrected chi connectivity index (χ3v) is 5.05. The highest BCUT2D eigenvalue weighted by Gasteiger charge is 2.31. The Balaban J connectivity index is 1.68. The lowest BCUT2D eigenvalue weighted by molar-refractivity contribution is -0.0216. The van der Waals surface area contributed by atoms with Crippen molar-refractivity contribution in [1.82, 2.24) is 0 Å². The monoisotopic (exact) mass is 389 g/mol. The molecule has 6 nitrogen and oxygen atoms in total. The topological polar surface area (TPSA) is 87.9 Å². The smallest absolute Gasteiger partial charge is 0.341 e. The van der Waals surface area contributed by atoms with Crippen LogP contribution in [0.4, 0.5) is 5.00 Å². The summed E-state index contributed by atoms with van der Waals surface area (Å²) >= 11 is 1.34. The molecule has 144 valence electrons. The average molecular weight is 389 g/mol. The molecule has 0 fully saturated rings. The molecule has 27 heavy (non-hydrogen) atoms. The maximum absolute atomic E-state index is 12.6. The van der Waals surface area contributed by atoms with E-state index in [2.05, 4.69) is 0 Å². The number of hydrogen-bond acceptors (Lipinski definition) is 7. The molecule has 1 aromatic carbocycles. The van der Waals surface area contributed by atoms with Gasteiger partial charge in [-0.25, -0.2) is 9.59 Å². The minimum Gasteiger partial charge on any atom is -0.459 e. The molecule has 1 aromatic heterocycles. The number of anilines is 1. The summed E-state index contributed by atoms with van der Waals surface area (Å²) in [6.07, 6.45) is 0.111. The fourth-order valence-corrected chi connectivity index (χ4v) is 3.84. The molecule has 1 aliphatic rings. The highest BCUT2D eigenvalue weighted by molar-refractivity contribution is 7.16. The van der Waals surface area contributed by atoms with Crippen LogP contribution in [0.3, 0.4) is 0 Å². The Morgan fingerprint density at radius 2 is 1.93 bits per heavy atom. The second kappa shape index (κ2) is 7.70. The van der Waals surface area contributed by atoms with E-state index in [9.17, 15) is 9.59 Å². The van der Waals surface area contributed by atoms with Crippen molar-refractivity contribution >= 4 is 28.3 Å². The van der Waals surface area contributed by atoms with Crippen LogP contribution in [0.15, 0.2) is 30.3 Å². The Hall–Kier alpha value is -2.38. The number of esters is 2. The standard InChI is InChI=1S/C20H23NO5S/c1-20(2,3)26-19(23)16-14-9-13(24-11-15(14)27-17(16)21)10-25-18(22)12-7-5-4-6-8-12/h4-8,13H,9-11,21H2,1-3H3. The highest BCUT2D eigenvalue weighted by Crippen LogP contribution is 2.37. The van der Waals surface area contributed by atoms with Crippen molar-refractivity contribution in [3.05, 3.63) is 51.9 Å². The van der Waals surface area contributed by atoms with Crippen LogP contribution in [-0.4, -0.2) is 30.3 Å². The van der Waals surface area contributed by atoms with Crippen LogP contribution in [0.25, 0.3) is 0 Å². The van der Waals surface area contributed by atoms with E-state index in [0.717, 1.165) is 10.4 Å². The lowest BCUT2D eigenvalue weighted by atomic mass is 10.0. The molecule has 0 bridgehead atoms. The molecule has 0 aliphatic carbocycles. The summed E-state index contributed by atoms with van der Waals surface area (Å²) in [5.41, 5.74) is 7.19. The van der Waals surface area contributed by atoms with Crippen LogP contribution in [0.2, 0.25) is 0 Å². The van der Waals surface area contributed by atoms with E-state index in [1.54, 1.807) is 24.3 Å². The lowest BCUT2D eigenvalue weighted by Crippen LogP contribution is -2.30. The van der Waals surface area contributed by atoms with Gasteiger partial charge < -0.3 is 19.9 Å². The van der Waals surface area contributed by atoms with E-state index in [-0.39, 0.29) is 12.7 Å². The highest BCUT2D eigenvalue weighted by atomic mass is 32.1. The number of nitrogens with two attached hydrogens (primary N) is 1. The zero-order valence-corrected chi connectivity index (χ0v) is 16.4. The number of thiophene rings is 1. The van der Waals surface area contributed by atoms with Gasteiger partial charge in [0.2, 0.25) is 0 Å². The molecule has 0 radical (unpaired) electrons. The second-order valence-electron chi connectivity index (χ2n) is 7.35. The first kappa shape index (κ1) is 19.4. The number of fused-ring (bicyclic) bond motifs is 1. The predicted molar refractivity (Wildman–Crippen MR) is 103 cm³/mol. The Morgan fingerprint density at radius 3 is 2.59 bits per heavy atom. The number of nitrogen functional groups attached to an aromatic ring is 1. The molecule has 1 unspecified atom stereocenters. The van der Waals surface area contributed by atoms with Crippen molar-refractivity contribution in [2.24, 2.45) is 0 Å². The number of hydrogen-bond donors (Lipinski definition) is 1. The van der Waals surface area contributed by atoms with E-state index in [1.165, 1.54) is 11.3 Å². The van der Waals surface area contributed by atoms with E-state index in [1.807, 2.05) is 26.8 Å². The molecule has 7 heteroatoms. The van der Waals surface area contributed by atoms with Gasteiger partial charge in [-0.05, 0) is 38.5 Å². The second-order valence-corrected chi connectivity index (χ2v) is 8.48. The molecule has 0 saturated carbocycles. The minimum absolute atomic E-state index is 0.108. The maximum Gasteiger partial charge on any atom is 0.341 e. The van der Waals surface area contributed by atoms with Crippen molar-refractivity contribution in [2.45, 2.75) is 45.5 Å². The van der Waals surface area contributed by atoms with E-state index < -0.39 is 17.5 Å².